The van der Waals surface area contributed by atoms with Crippen LogP contribution in [0.2, 0.25) is 0 Å². The van der Waals surface area contributed by atoms with E-state index in [4.69, 9.17) is 9.47 Å². The zero-order valence-electron chi connectivity index (χ0n) is 21.9. The highest BCUT2D eigenvalue weighted by Crippen LogP contribution is 2.33. The van der Waals surface area contributed by atoms with E-state index in [9.17, 15) is 18.0 Å². The molecule has 0 bridgehead atoms. The molecule has 36 heavy (non-hydrogen) atoms. The molecular formula is C26H37N3O6S. The van der Waals surface area contributed by atoms with Crippen molar-refractivity contribution in [3.05, 3.63) is 54.1 Å². The van der Waals surface area contributed by atoms with Gasteiger partial charge in [-0.3, -0.25) is 13.9 Å². The number of hydrogen-bond acceptors (Lipinski definition) is 6. The first-order chi connectivity index (χ1) is 17.0. The van der Waals surface area contributed by atoms with Crippen LogP contribution in [0.1, 0.15) is 26.3 Å². The second kappa shape index (κ2) is 13.2. The minimum atomic E-state index is -3.87. The Morgan fingerprint density at radius 3 is 2.22 bits per heavy atom. The van der Waals surface area contributed by atoms with Gasteiger partial charge in [0.2, 0.25) is 21.8 Å². The van der Waals surface area contributed by atoms with Crippen LogP contribution < -0.4 is 19.1 Å². The van der Waals surface area contributed by atoms with Gasteiger partial charge in [-0.15, -0.1) is 0 Å². The van der Waals surface area contributed by atoms with Crippen LogP contribution in [0.15, 0.2) is 48.5 Å². The van der Waals surface area contributed by atoms with Crippen LogP contribution >= 0.6 is 0 Å². The summed E-state index contributed by atoms with van der Waals surface area (Å²) in [4.78, 5) is 27.9. The Bertz CT molecular complexity index is 1120. The second-order valence-corrected chi connectivity index (χ2v) is 10.9. The van der Waals surface area contributed by atoms with Gasteiger partial charge in [0.15, 0.2) is 0 Å². The molecule has 2 rings (SSSR count). The number of carbonyl (C=O) groups excluding carboxylic acids is 2. The third-order valence-electron chi connectivity index (χ3n) is 5.67. The van der Waals surface area contributed by atoms with Crippen LogP contribution in [0.5, 0.6) is 11.5 Å². The van der Waals surface area contributed by atoms with E-state index in [-0.39, 0.29) is 29.8 Å². The smallest absolute Gasteiger partial charge is 0.244 e. The molecule has 0 radical (unpaired) electrons. The SMILES string of the molecule is COc1ccc(N(CC(=O)N(CCc2ccccc2)C(C)C(=O)NCC(C)C)S(C)(=O)=O)c(OC)c1. The maximum absolute atomic E-state index is 13.6. The molecule has 0 saturated carbocycles. The van der Waals surface area contributed by atoms with Crippen LogP contribution in [0, 0.1) is 5.92 Å². The van der Waals surface area contributed by atoms with Gasteiger partial charge in [-0.05, 0) is 37.0 Å². The number of hydrogen-bond donors (Lipinski definition) is 1. The first kappa shape index (κ1) is 29.0. The molecule has 0 spiro atoms. The molecule has 0 aliphatic carbocycles. The van der Waals surface area contributed by atoms with Crippen molar-refractivity contribution >= 4 is 27.5 Å². The van der Waals surface area contributed by atoms with Crippen molar-refractivity contribution in [2.75, 3.05) is 44.4 Å². The van der Waals surface area contributed by atoms with Crippen molar-refractivity contribution in [3.63, 3.8) is 0 Å². The third kappa shape index (κ3) is 8.15. The Balaban J connectivity index is 2.37. The van der Waals surface area contributed by atoms with Gasteiger partial charge in [0, 0.05) is 19.2 Å². The lowest BCUT2D eigenvalue weighted by Gasteiger charge is -2.32. The van der Waals surface area contributed by atoms with Crippen molar-refractivity contribution in [3.8, 4) is 11.5 Å². The van der Waals surface area contributed by atoms with Gasteiger partial charge in [0.25, 0.3) is 0 Å². The molecule has 9 nitrogen and oxygen atoms in total. The summed E-state index contributed by atoms with van der Waals surface area (Å²) in [6, 6.07) is 13.5. The van der Waals surface area contributed by atoms with E-state index in [1.165, 1.54) is 25.2 Å². The third-order valence-corrected chi connectivity index (χ3v) is 6.80. The zero-order valence-corrected chi connectivity index (χ0v) is 22.7. The summed E-state index contributed by atoms with van der Waals surface area (Å²) >= 11 is 0. The Labute approximate surface area is 214 Å². The fraction of sp³-hybridized carbons (Fsp3) is 0.462. The monoisotopic (exact) mass is 519 g/mol. The quantitative estimate of drug-likeness (QED) is 0.436. The highest BCUT2D eigenvalue weighted by Gasteiger charge is 2.31. The first-order valence-corrected chi connectivity index (χ1v) is 13.6. The highest BCUT2D eigenvalue weighted by molar-refractivity contribution is 7.92. The predicted octanol–water partition coefficient (Wildman–Crippen LogP) is 2.70. The molecule has 2 amide bonds. The number of rotatable bonds is 13. The fourth-order valence-electron chi connectivity index (χ4n) is 3.61. The largest absolute Gasteiger partial charge is 0.497 e. The molecule has 1 N–H and O–H groups in total. The van der Waals surface area contributed by atoms with Crippen molar-refractivity contribution in [2.45, 2.75) is 33.2 Å². The molecule has 0 aromatic heterocycles. The summed E-state index contributed by atoms with van der Waals surface area (Å²) in [6.45, 7) is 5.85. The molecule has 0 saturated heterocycles. The summed E-state index contributed by atoms with van der Waals surface area (Å²) in [6.07, 6.45) is 1.54. The Hall–Kier alpha value is -3.27. The van der Waals surface area contributed by atoms with Gasteiger partial charge < -0.3 is 19.7 Å². The van der Waals surface area contributed by atoms with E-state index in [0.29, 0.717) is 18.7 Å². The van der Waals surface area contributed by atoms with Gasteiger partial charge >= 0.3 is 0 Å². The number of amides is 2. The second-order valence-electron chi connectivity index (χ2n) is 8.95. The van der Waals surface area contributed by atoms with E-state index < -0.39 is 28.5 Å². The summed E-state index contributed by atoms with van der Waals surface area (Å²) in [7, 11) is -0.969. The van der Waals surface area contributed by atoms with Crippen LogP contribution in [0.25, 0.3) is 0 Å². The van der Waals surface area contributed by atoms with Crippen LogP contribution in [0.3, 0.4) is 0 Å². The number of benzene rings is 2. The Morgan fingerprint density at radius 1 is 1.00 bits per heavy atom. The molecule has 0 aliphatic heterocycles. The van der Waals surface area contributed by atoms with Gasteiger partial charge in [0.05, 0.1) is 26.2 Å². The summed E-state index contributed by atoms with van der Waals surface area (Å²) in [5, 5.41) is 2.86. The van der Waals surface area contributed by atoms with Gasteiger partial charge in [-0.1, -0.05) is 44.2 Å². The van der Waals surface area contributed by atoms with Crippen molar-refractivity contribution in [1.82, 2.24) is 10.2 Å². The lowest BCUT2D eigenvalue weighted by Crippen LogP contribution is -2.52. The van der Waals surface area contributed by atoms with E-state index in [0.717, 1.165) is 16.1 Å². The fourth-order valence-corrected chi connectivity index (χ4v) is 4.46. The summed E-state index contributed by atoms with van der Waals surface area (Å²) in [5.74, 6) is 0.179. The van der Waals surface area contributed by atoms with Crippen LogP contribution in [0.4, 0.5) is 5.69 Å². The molecular weight excluding hydrogens is 482 g/mol. The average Bonchev–Trinajstić information content (AvgIpc) is 2.85. The Kier molecular flexibility index (Phi) is 10.6. The normalized spacial score (nSPS) is 12.1. The Morgan fingerprint density at radius 2 is 1.67 bits per heavy atom. The predicted molar refractivity (Wildman–Crippen MR) is 141 cm³/mol. The first-order valence-electron chi connectivity index (χ1n) is 11.8. The summed E-state index contributed by atoms with van der Waals surface area (Å²) in [5.41, 5.74) is 1.20. The van der Waals surface area contributed by atoms with Crippen LogP contribution in [-0.4, -0.2) is 71.3 Å². The van der Waals surface area contributed by atoms with E-state index >= 15 is 0 Å². The van der Waals surface area contributed by atoms with E-state index in [1.807, 2.05) is 44.2 Å². The maximum Gasteiger partial charge on any atom is 0.244 e. The molecule has 0 heterocycles. The minimum Gasteiger partial charge on any atom is -0.497 e. The van der Waals surface area contributed by atoms with E-state index in [1.54, 1.807) is 19.1 Å². The minimum absolute atomic E-state index is 0.203. The molecule has 1 atom stereocenters. The van der Waals surface area contributed by atoms with Crippen molar-refractivity contribution in [2.24, 2.45) is 5.92 Å². The standard InChI is InChI=1S/C26H37N3O6S/c1-19(2)17-27-26(31)20(3)28(15-14-21-10-8-7-9-11-21)25(30)18-29(36(6,32)33)23-13-12-22(34-4)16-24(23)35-5/h7-13,16,19-20H,14-15,17-18H2,1-6H3,(H,27,31). The average molecular weight is 520 g/mol. The lowest BCUT2D eigenvalue weighted by atomic mass is 10.1. The van der Waals surface area contributed by atoms with Gasteiger partial charge in [-0.2, -0.15) is 0 Å². The highest BCUT2D eigenvalue weighted by atomic mass is 32.2. The van der Waals surface area contributed by atoms with E-state index in [2.05, 4.69) is 5.32 Å². The molecule has 2 aromatic rings. The molecule has 2 aromatic carbocycles. The number of nitrogens with one attached hydrogen (secondary N) is 1. The van der Waals surface area contributed by atoms with Crippen LogP contribution in [-0.2, 0) is 26.0 Å². The number of sulfonamides is 1. The topological polar surface area (TPSA) is 105 Å². The molecule has 198 valence electrons. The number of ether oxygens (including phenoxy) is 2. The maximum atomic E-state index is 13.6. The summed E-state index contributed by atoms with van der Waals surface area (Å²) < 4.78 is 37.1. The molecule has 0 aliphatic rings. The van der Waals surface area contributed by atoms with Gasteiger partial charge in [-0.25, -0.2) is 8.42 Å². The lowest BCUT2D eigenvalue weighted by molar-refractivity contribution is -0.138. The van der Waals surface area contributed by atoms with Crippen molar-refractivity contribution in [1.29, 1.82) is 0 Å². The van der Waals surface area contributed by atoms with Crippen molar-refractivity contribution < 1.29 is 27.5 Å². The zero-order chi connectivity index (χ0) is 26.9. The number of anilines is 1. The number of methoxy groups -OCH3 is 2. The molecule has 1 unspecified atom stereocenters. The molecule has 0 fully saturated rings. The number of carbonyl (C=O) groups is 2. The number of nitrogens with zero attached hydrogens (tertiary/aromatic N) is 2. The van der Waals surface area contributed by atoms with Gasteiger partial charge in [0.1, 0.15) is 24.1 Å². The molecule has 10 heteroatoms.